The van der Waals surface area contributed by atoms with Crippen molar-refractivity contribution >= 4 is 5.91 Å². The Labute approximate surface area is 115 Å². The van der Waals surface area contributed by atoms with Gasteiger partial charge in [0, 0.05) is 5.92 Å². The Balaban J connectivity index is 1.89. The van der Waals surface area contributed by atoms with Gasteiger partial charge >= 0.3 is 0 Å². The van der Waals surface area contributed by atoms with Gasteiger partial charge in [-0.2, -0.15) is 0 Å². The van der Waals surface area contributed by atoms with Crippen molar-refractivity contribution in [2.24, 2.45) is 29.4 Å². The van der Waals surface area contributed by atoms with Crippen molar-refractivity contribution in [3.63, 3.8) is 0 Å². The Morgan fingerprint density at radius 1 is 1.11 bits per heavy atom. The van der Waals surface area contributed by atoms with Crippen LogP contribution in [0.5, 0.6) is 0 Å². The predicted molar refractivity (Wildman–Crippen MR) is 71.1 cm³/mol. The molecule has 3 fully saturated rings. The quantitative estimate of drug-likeness (QED) is 0.791. The van der Waals surface area contributed by atoms with Crippen LogP contribution in [0.15, 0.2) is 0 Å². The lowest BCUT2D eigenvalue weighted by Gasteiger charge is -2.49. The van der Waals surface area contributed by atoms with Gasteiger partial charge in [-0.05, 0) is 50.4 Å². The van der Waals surface area contributed by atoms with E-state index < -0.39 is 6.10 Å². The smallest absolute Gasteiger partial charge is 0.246 e. The van der Waals surface area contributed by atoms with Gasteiger partial charge in [-0.3, -0.25) is 4.79 Å². The summed E-state index contributed by atoms with van der Waals surface area (Å²) in [6.45, 7) is 4.22. The summed E-state index contributed by atoms with van der Waals surface area (Å²) in [5, 5.41) is 0. The average Bonchev–Trinajstić information content (AvgIpc) is 2.54. The molecule has 2 N–H and O–H groups in total. The molecule has 0 aromatic heterocycles. The predicted octanol–water partition coefficient (Wildman–Crippen LogP) is 2.06. The van der Waals surface area contributed by atoms with E-state index in [0.717, 1.165) is 6.42 Å². The molecular formula is C15H25NO3. The molecular weight excluding hydrogens is 242 g/mol. The van der Waals surface area contributed by atoms with Crippen LogP contribution in [0.1, 0.15) is 46.0 Å². The van der Waals surface area contributed by atoms with E-state index >= 15 is 0 Å². The lowest BCUT2D eigenvalue weighted by atomic mass is 9.63. The lowest BCUT2D eigenvalue weighted by molar-refractivity contribution is -0.267. The van der Waals surface area contributed by atoms with E-state index in [9.17, 15) is 4.79 Å². The average molecular weight is 267 g/mol. The molecule has 0 spiro atoms. The summed E-state index contributed by atoms with van der Waals surface area (Å²) in [5.41, 5.74) is 5.50. The van der Waals surface area contributed by atoms with E-state index in [2.05, 4.69) is 13.8 Å². The van der Waals surface area contributed by atoms with E-state index in [1.165, 1.54) is 25.7 Å². The van der Waals surface area contributed by atoms with Crippen molar-refractivity contribution in [3.8, 4) is 0 Å². The maximum atomic E-state index is 11.6. The topological polar surface area (TPSA) is 61.6 Å². The summed E-state index contributed by atoms with van der Waals surface area (Å²) >= 11 is 0. The first kappa shape index (κ1) is 13.4. The second kappa shape index (κ2) is 5.06. The number of ether oxygens (including phenoxy) is 2. The van der Waals surface area contributed by atoms with Gasteiger partial charge in [-0.1, -0.05) is 13.3 Å². The van der Waals surface area contributed by atoms with Gasteiger partial charge in [0.05, 0.1) is 6.10 Å². The van der Waals surface area contributed by atoms with Crippen molar-refractivity contribution in [3.05, 3.63) is 0 Å². The molecule has 1 aliphatic carbocycles. The fourth-order valence-electron chi connectivity index (χ4n) is 4.50. The molecule has 7 unspecified atom stereocenters. The van der Waals surface area contributed by atoms with Crippen LogP contribution in [0, 0.1) is 23.7 Å². The summed E-state index contributed by atoms with van der Waals surface area (Å²) in [6.07, 6.45) is 5.59. The van der Waals surface area contributed by atoms with E-state index in [1.807, 2.05) is 0 Å². The summed E-state index contributed by atoms with van der Waals surface area (Å²) < 4.78 is 12.0. The van der Waals surface area contributed by atoms with Crippen LogP contribution in [0.3, 0.4) is 0 Å². The van der Waals surface area contributed by atoms with Crippen LogP contribution in [0.25, 0.3) is 0 Å². The Bertz CT molecular complexity index is 359. The standard InChI is InChI=1S/C15H25NO3/c1-8-6-7-10-4-3-5-11-9(2)13(14(16)17)19-15(18-8)12(10)11/h8-13,15H,3-7H2,1-2H3,(H2,16,17). The highest BCUT2D eigenvalue weighted by atomic mass is 16.7. The molecule has 0 aromatic carbocycles. The Kier molecular flexibility index (Phi) is 3.56. The fraction of sp³-hybridized carbons (Fsp3) is 0.933. The van der Waals surface area contributed by atoms with Gasteiger partial charge in [0.2, 0.25) is 5.91 Å². The molecule has 19 heavy (non-hydrogen) atoms. The van der Waals surface area contributed by atoms with Crippen LogP contribution in [-0.2, 0) is 14.3 Å². The van der Waals surface area contributed by atoms with Crippen LogP contribution >= 0.6 is 0 Å². The second-order valence-electron chi connectivity index (χ2n) is 6.64. The minimum absolute atomic E-state index is 0.221. The van der Waals surface area contributed by atoms with Gasteiger partial charge in [-0.25, -0.2) is 0 Å². The zero-order valence-corrected chi connectivity index (χ0v) is 11.9. The number of amides is 1. The van der Waals surface area contributed by atoms with E-state index in [-0.39, 0.29) is 24.2 Å². The normalized spacial score (nSPS) is 50.1. The highest BCUT2D eigenvalue weighted by Gasteiger charge is 2.51. The van der Waals surface area contributed by atoms with Gasteiger partial charge in [0.25, 0.3) is 0 Å². The largest absolute Gasteiger partial charge is 0.367 e. The molecule has 0 aromatic rings. The molecule has 7 atom stereocenters. The second-order valence-corrected chi connectivity index (χ2v) is 6.64. The van der Waals surface area contributed by atoms with Crippen LogP contribution in [-0.4, -0.2) is 24.4 Å². The van der Waals surface area contributed by atoms with Crippen molar-refractivity contribution in [1.29, 1.82) is 0 Å². The van der Waals surface area contributed by atoms with Gasteiger partial charge in [0.1, 0.15) is 6.10 Å². The number of carbonyl (C=O) groups excluding carboxylic acids is 1. The first-order chi connectivity index (χ1) is 9.08. The molecule has 4 heteroatoms. The third kappa shape index (κ3) is 2.29. The van der Waals surface area contributed by atoms with Crippen molar-refractivity contribution in [2.45, 2.75) is 64.4 Å². The molecule has 0 bridgehead atoms. The van der Waals surface area contributed by atoms with Crippen molar-refractivity contribution < 1.29 is 14.3 Å². The molecule has 4 nitrogen and oxygen atoms in total. The summed E-state index contributed by atoms with van der Waals surface area (Å²) in [4.78, 5) is 11.6. The number of hydrogen-bond acceptors (Lipinski definition) is 3. The molecule has 3 rings (SSSR count). The number of rotatable bonds is 1. The maximum Gasteiger partial charge on any atom is 0.246 e. The monoisotopic (exact) mass is 267 g/mol. The minimum atomic E-state index is -0.477. The summed E-state index contributed by atoms with van der Waals surface area (Å²) in [5.74, 6) is 1.57. The molecule has 1 saturated carbocycles. The molecule has 3 aliphatic rings. The van der Waals surface area contributed by atoms with E-state index in [1.54, 1.807) is 0 Å². The molecule has 2 saturated heterocycles. The summed E-state index contributed by atoms with van der Waals surface area (Å²) in [7, 11) is 0. The number of nitrogens with two attached hydrogens (primary N) is 1. The lowest BCUT2D eigenvalue weighted by Crippen LogP contribution is -2.55. The molecule has 2 heterocycles. The molecule has 108 valence electrons. The third-order valence-electron chi connectivity index (χ3n) is 5.49. The first-order valence-corrected chi connectivity index (χ1v) is 7.68. The van der Waals surface area contributed by atoms with Crippen LogP contribution < -0.4 is 5.73 Å². The van der Waals surface area contributed by atoms with Gasteiger partial charge in [0.15, 0.2) is 6.29 Å². The highest BCUT2D eigenvalue weighted by molar-refractivity contribution is 5.79. The van der Waals surface area contributed by atoms with Crippen LogP contribution in [0.4, 0.5) is 0 Å². The van der Waals surface area contributed by atoms with E-state index in [4.69, 9.17) is 15.2 Å². The number of carbonyl (C=O) groups is 1. The SMILES string of the molecule is CC1CCC2CCCC3C(C)C(C(N)=O)OC(O1)C23. The first-order valence-electron chi connectivity index (χ1n) is 7.68. The third-order valence-corrected chi connectivity index (χ3v) is 5.49. The number of primary amides is 1. The van der Waals surface area contributed by atoms with Crippen LogP contribution in [0.2, 0.25) is 0 Å². The zero-order valence-electron chi connectivity index (χ0n) is 11.9. The fourth-order valence-corrected chi connectivity index (χ4v) is 4.50. The Hall–Kier alpha value is -0.610. The Morgan fingerprint density at radius 2 is 1.89 bits per heavy atom. The minimum Gasteiger partial charge on any atom is -0.367 e. The Morgan fingerprint density at radius 3 is 2.63 bits per heavy atom. The zero-order chi connectivity index (χ0) is 13.6. The molecule has 2 aliphatic heterocycles. The molecule has 0 radical (unpaired) electrons. The van der Waals surface area contributed by atoms with Gasteiger partial charge < -0.3 is 15.2 Å². The summed E-state index contributed by atoms with van der Waals surface area (Å²) in [6, 6.07) is 0. The molecule has 1 amide bonds. The van der Waals surface area contributed by atoms with E-state index in [0.29, 0.717) is 17.8 Å². The van der Waals surface area contributed by atoms with Gasteiger partial charge in [-0.15, -0.1) is 0 Å². The van der Waals surface area contributed by atoms with Crippen molar-refractivity contribution in [1.82, 2.24) is 0 Å². The van der Waals surface area contributed by atoms with Crippen molar-refractivity contribution in [2.75, 3.05) is 0 Å². The number of hydrogen-bond donors (Lipinski definition) is 1. The highest BCUT2D eigenvalue weighted by Crippen LogP contribution is 2.50. The maximum absolute atomic E-state index is 11.6.